The number of hydrogen-bond donors (Lipinski definition) is 0. The minimum atomic E-state index is -1.86. The summed E-state index contributed by atoms with van der Waals surface area (Å²) in [6.45, 7) is 12.1. The summed E-state index contributed by atoms with van der Waals surface area (Å²) in [6.07, 6.45) is 3.79. The summed E-state index contributed by atoms with van der Waals surface area (Å²) in [5.74, 6) is -0.0507. The molecule has 162 valence electrons. The second-order valence-electron chi connectivity index (χ2n) is 9.45. The lowest BCUT2D eigenvalue weighted by atomic mass is 10.00. The molecule has 1 aliphatic rings. The van der Waals surface area contributed by atoms with Gasteiger partial charge in [0.2, 0.25) is 5.91 Å². The van der Waals surface area contributed by atoms with Crippen LogP contribution in [0, 0.1) is 5.92 Å². The third kappa shape index (κ3) is 7.06. The molecule has 0 N–H and O–H groups in total. The van der Waals surface area contributed by atoms with Crippen molar-refractivity contribution in [3.8, 4) is 0 Å². The third-order valence-electron chi connectivity index (χ3n) is 5.81. The van der Waals surface area contributed by atoms with Gasteiger partial charge in [-0.15, -0.1) is 0 Å². The first-order valence-electron chi connectivity index (χ1n) is 10.3. The zero-order valence-corrected chi connectivity index (χ0v) is 20.0. The van der Waals surface area contributed by atoms with E-state index in [1.54, 1.807) is 19.0 Å². The van der Waals surface area contributed by atoms with Crippen LogP contribution < -0.4 is 0 Å². The molecule has 0 unspecified atom stereocenters. The van der Waals surface area contributed by atoms with E-state index in [1.807, 2.05) is 36.4 Å². The molecule has 1 heterocycles. The van der Waals surface area contributed by atoms with Crippen molar-refractivity contribution >= 4 is 14.2 Å². The van der Waals surface area contributed by atoms with Gasteiger partial charge in [0.1, 0.15) is 6.10 Å². The predicted molar refractivity (Wildman–Crippen MR) is 119 cm³/mol. The lowest BCUT2D eigenvalue weighted by Gasteiger charge is -2.38. The molecular formula is C23H37NO4Si. The van der Waals surface area contributed by atoms with Gasteiger partial charge in [0.15, 0.2) is 14.6 Å². The summed E-state index contributed by atoms with van der Waals surface area (Å²) in [7, 11) is 1.68. The van der Waals surface area contributed by atoms with Crippen LogP contribution >= 0.6 is 0 Å². The van der Waals surface area contributed by atoms with E-state index >= 15 is 0 Å². The topological polar surface area (TPSA) is 48.0 Å². The van der Waals surface area contributed by atoms with Crippen molar-refractivity contribution in [1.29, 1.82) is 0 Å². The highest BCUT2D eigenvalue weighted by Crippen LogP contribution is 2.37. The maximum atomic E-state index is 12.2. The highest BCUT2D eigenvalue weighted by Gasteiger charge is 2.38. The number of hydrogen-bond acceptors (Lipinski definition) is 4. The Morgan fingerprint density at radius 3 is 2.38 bits per heavy atom. The Morgan fingerprint density at radius 1 is 1.14 bits per heavy atom. The normalized spacial score (nSPS) is 22.5. The maximum Gasteiger partial charge on any atom is 0.222 e. The first kappa shape index (κ1) is 23.8. The van der Waals surface area contributed by atoms with Crippen LogP contribution in [0.4, 0.5) is 0 Å². The van der Waals surface area contributed by atoms with Gasteiger partial charge in [-0.25, -0.2) is 0 Å². The second-order valence-corrected chi connectivity index (χ2v) is 14.3. The average Bonchev–Trinajstić information content (AvgIpc) is 2.65. The van der Waals surface area contributed by atoms with Gasteiger partial charge in [0.05, 0.1) is 13.2 Å². The molecule has 6 heteroatoms. The minimum Gasteiger partial charge on any atom is -0.414 e. The van der Waals surface area contributed by atoms with E-state index in [0.717, 1.165) is 5.56 Å². The van der Waals surface area contributed by atoms with Gasteiger partial charge in [-0.3, -0.25) is 4.79 Å². The largest absolute Gasteiger partial charge is 0.414 e. The van der Waals surface area contributed by atoms with Crippen molar-refractivity contribution in [2.45, 2.75) is 64.3 Å². The Hall–Kier alpha value is -1.47. The van der Waals surface area contributed by atoms with Crippen LogP contribution in [0.1, 0.15) is 32.8 Å². The first-order chi connectivity index (χ1) is 13.5. The van der Waals surface area contributed by atoms with Crippen molar-refractivity contribution in [2.24, 2.45) is 5.92 Å². The van der Waals surface area contributed by atoms with E-state index in [2.05, 4.69) is 39.9 Å². The number of carbonyl (C=O) groups excluding carboxylic acids is 1. The number of carbonyl (C=O) groups is 1. The van der Waals surface area contributed by atoms with Crippen LogP contribution in [0.5, 0.6) is 0 Å². The van der Waals surface area contributed by atoms with Crippen molar-refractivity contribution in [1.82, 2.24) is 4.90 Å². The molecular weight excluding hydrogens is 382 g/mol. The standard InChI is InChI=1S/C23H37NO4Si/c1-23(2,3)29(6,7)27-17-20-14-13-19(15-21(25)24(4)5)22(28-20)26-16-18-11-9-8-10-12-18/h8-14,19-20,22H,15-17H2,1-7H3/t19-,20-,22-/m0/s1. The Balaban J connectivity index is 2.04. The zero-order chi connectivity index (χ0) is 21.7. The van der Waals surface area contributed by atoms with Crippen molar-refractivity contribution in [2.75, 3.05) is 20.7 Å². The third-order valence-corrected chi connectivity index (χ3v) is 10.3. The maximum absolute atomic E-state index is 12.2. The molecule has 0 spiro atoms. The van der Waals surface area contributed by atoms with E-state index in [9.17, 15) is 4.79 Å². The van der Waals surface area contributed by atoms with Gasteiger partial charge in [0, 0.05) is 26.4 Å². The van der Waals surface area contributed by atoms with Gasteiger partial charge < -0.3 is 18.8 Å². The number of ether oxygens (including phenoxy) is 2. The van der Waals surface area contributed by atoms with Crippen LogP contribution in [0.25, 0.3) is 0 Å². The van der Waals surface area contributed by atoms with Gasteiger partial charge in [-0.1, -0.05) is 63.3 Å². The zero-order valence-electron chi connectivity index (χ0n) is 19.0. The Kier molecular flexibility index (Phi) is 8.23. The Labute approximate surface area is 177 Å². The molecule has 1 aromatic rings. The van der Waals surface area contributed by atoms with E-state index in [-0.39, 0.29) is 23.0 Å². The highest BCUT2D eigenvalue weighted by atomic mass is 28.4. The molecule has 1 aromatic carbocycles. The SMILES string of the molecule is CN(C)C(=O)C[C@@H]1C=C[C@@H](CO[Si](C)(C)C(C)(C)C)O[C@@H]1OCc1ccccc1. The average molecular weight is 420 g/mol. The fourth-order valence-electron chi connectivity index (χ4n) is 2.74. The monoisotopic (exact) mass is 419 g/mol. The van der Waals surface area contributed by atoms with Gasteiger partial charge in [0.25, 0.3) is 0 Å². The summed E-state index contributed by atoms with van der Waals surface area (Å²) < 4.78 is 18.7. The molecule has 0 fully saturated rings. The fraction of sp³-hybridized carbons (Fsp3) is 0.609. The van der Waals surface area contributed by atoms with Crippen LogP contribution in [-0.2, 0) is 25.3 Å². The van der Waals surface area contributed by atoms with E-state index in [1.165, 1.54) is 0 Å². The number of benzene rings is 1. The molecule has 0 aliphatic carbocycles. The summed E-state index contributed by atoms with van der Waals surface area (Å²) in [5, 5.41) is 0.148. The molecule has 5 nitrogen and oxygen atoms in total. The van der Waals surface area contributed by atoms with Crippen LogP contribution in [0.15, 0.2) is 42.5 Å². The fourth-order valence-corrected chi connectivity index (χ4v) is 3.76. The molecule has 3 atom stereocenters. The van der Waals surface area contributed by atoms with Crippen LogP contribution in [0.3, 0.4) is 0 Å². The lowest BCUT2D eigenvalue weighted by Crippen LogP contribution is -2.44. The van der Waals surface area contributed by atoms with E-state index < -0.39 is 14.6 Å². The number of nitrogens with zero attached hydrogens (tertiary/aromatic N) is 1. The summed E-state index contributed by atoms with van der Waals surface area (Å²) in [6, 6.07) is 10.0. The number of rotatable bonds is 8. The molecule has 1 aliphatic heterocycles. The molecule has 0 bridgehead atoms. The Morgan fingerprint density at radius 2 is 1.79 bits per heavy atom. The molecule has 29 heavy (non-hydrogen) atoms. The summed E-state index contributed by atoms with van der Waals surface area (Å²) >= 11 is 0. The van der Waals surface area contributed by atoms with Crippen molar-refractivity contribution in [3.63, 3.8) is 0 Å². The van der Waals surface area contributed by atoms with Gasteiger partial charge in [-0.2, -0.15) is 0 Å². The molecule has 0 radical (unpaired) electrons. The smallest absolute Gasteiger partial charge is 0.222 e. The molecule has 0 saturated heterocycles. The molecule has 0 aromatic heterocycles. The molecule has 0 saturated carbocycles. The van der Waals surface area contributed by atoms with E-state index in [0.29, 0.717) is 19.6 Å². The number of amides is 1. The quantitative estimate of drug-likeness (QED) is 0.456. The van der Waals surface area contributed by atoms with Gasteiger partial charge in [-0.05, 0) is 23.7 Å². The second kappa shape index (κ2) is 10.0. The minimum absolute atomic E-state index is 0.0625. The molecule has 1 amide bonds. The highest BCUT2D eigenvalue weighted by molar-refractivity contribution is 6.74. The first-order valence-corrected chi connectivity index (χ1v) is 13.2. The van der Waals surface area contributed by atoms with Crippen molar-refractivity contribution in [3.05, 3.63) is 48.0 Å². The van der Waals surface area contributed by atoms with Gasteiger partial charge >= 0.3 is 0 Å². The predicted octanol–water partition coefficient (Wildman–Crippen LogP) is 4.60. The lowest BCUT2D eigenvalue weighted by molar-refractivity contribution is -0.199. The van der Waals surface area contributed by atoms with Crippen LogP contribution in [0.2, 0.25) is 18.1 Å². The van der Waals surface area contributed by atoms with Crippen LogP contribution in [-0.4, -0.2) is 52.2 Å². The summed E-state index contributed by atoms with van der Waals surface area (Å²) in [4.78, 5) is 13.8. The Bertz CT molecular complexity index is 682. The van der Waals surface area contributed by atoms with Crippen molar-refractivity contribution < 1.29 is 18.7 Å². The van der Waals surface area contributed by atoms with E-state index in [4.69, 9.17) is 13.9 Å². The summed E-state index contributed by atoms with van der Waals surface area (Å²) in [5.41, 5.74) is 1.08. The molecule has 2 rings (SSSR count).